The maximum atomic E-state index is 13.5. The van der Waals surface area contributed by atoms with E-state index in [0.29, 0.717) is 39.5 Å². The number of amides is 2. The van der Waals surface area contributed by atoms with Crippen LogP contribution in [0.25, 0.3) is 11.0 Å². The zero-order valence-corrected chi connectivity index (χ0v) is 25.7. The van der Waals surface area contributed by atoms with Crippen LogP contribution in [0.1, 0.15) is 60.8 Å². The predicted molar refractivity (Wildman–Crippen MR) is 173 cm³/mol. The number of aromatic nitrogens is 3. The van der Waals surface area contributed by atoms with Gasteiger partial charge in [0.25, 0.3) is 5.91 Å². The Hall–Kier alpha value is -5.66. The Bertz CT molecular complexity index is 1690. The maximum Gasteiger partial charge on any atom is 0.412 e. The largest absolute Gasteiger partial charge is 0.481 e. The van der Waals surface area contributed by atoms with E-state index in [1.165, 1.54) is 16.1 Å². The molecule has 0 aliphatic carbocycles. The molecular formula is C32H36N8O6. The molecule has 0 unspecified atom stereocenters. The van der Waals surface area contributed by atoms with Crippen LogP contribution >= 0.6 is 0 Å². The monoisotopic (exact) mass is 628 g/mol. The summed E-state index contributed by atoms with van der Waals surface area (Å²) in [6.45, 7) is 2.33. The fourth-order valence-corrected chi connectivity index (χ4v) is 4.73. The number of hydrogen-bond donors (Lipinski definition) is 3. The number of aryl methyl sites for hydroxylation is 1. The molecule has 0 spiro atoms. The fraction of sp³-hybridized carbons (Fsp3) is 0.312. The van der Waals surface area contributed by atoms with E-state index in [2.05, 4.69) is 27.5 Å². The van der Waals surface area contributed by atoms with E-state index in [1.807, 2.05) is 0 Å². The van der Waals surface area contributed by atoms with Crippen LogP contribution in [0, 0.1) is 10.3 Å². The van der Waals surface area contributed by atoms with Crippen LogP contribution < -0.4 is 15.2 Å². The second kappa shape index (κ2) is 15.9. The van der Waals surface area contributed by atoms with E-state index in [0.717, 1.165) is 25.7 Å². The van der Waals surface area contributed by atoms with Gasteiger partial charge in [0.1, 0.15) is 24.0 Å². The number of amidine groups is 1. The molecule has 4 aromatic rings. The summed E-state index contributed by atoms with van der Waals surface area (Å²) in [5, 5.41) is 24.1. The van der Waals surface area contributed by atoms with Crippen molar-refractivity contribution in [1.82, 2.24) is 19.9 Å². The number of aliphatic carboxylic acids is 1. The molecule has 2 heterocycles. The van der Waals surface area contributed by atoms with Gasteiger partial charge in [0.15, 0.2) is 0 Å². The van der Waals surface area contributed by atoms with Crippen molar-refractivity contribution in [1.29, 1.82) is 5.41 Å². The number of ether oxygens (including phenoxy) is 1. The Balaban J connectivity index is 1.45. The topological polar surface area (TPSA) is 183 Å². The molecule has 0 fully saturated rings. The number of pyridine rings is 1. The van der Waals surface area contributed by atoms with Gasteiger partial charge < -0.3 is 14.4 Å². The Morgan fingerprint density at radius 3 is 2.48 bits per heavy atom. The van der Waals surface area contributed by atoms with E-state index in [1.54, 1.807) is 72.3 Å². The van der Waals surface area contributed by atoms with Gasteiger partial charge in [-0.1, -0.05) is 32.3 Å². The lowest BCUT2D eigenvalue weighted by molar-refractivity contribution is -0.136. The highest BCUT2D eigenvalue weighted by Crippen LogP contribution is 2.23. The number of carboxylic acids is 1. The average molecular weight is 629 g/mol. The van der Waals surface area contributed by atoms with Crippen molar-refractivity contribution in [3.63, 3.8) is 0 Å². The van der Waals surface area contributed by atoms with Crippen molar-refractivity contribution in [2.24, 2.45) is 12.3 Å². The smallest absolute Gasteiger partial charge is 0.412 e. The first-order valence-corrected chi connectivity index (χ1v) is 14.9. The molecule has 2 aromatic carbocycles. The summed E-state index contributed by atoms with van der Waals surface area (Å²) in [5.41, 5.74) is 2.36. The summed E-state index contributed by atoms with van der Waals surface area (Å²) in [5.74, 6) is -0.777. The Labute approximate surface area is 265 Å². The minimum absolute atomic E-state index is 0.00995. The average Bonchev–Trinajstić information content (AvgIpc) is 3.37. The molecule has 14 heteroatoms. The summed E-state index contributed by atoms with van der Waals surface area (Å²) in [6.07, 6.45) is 4.47. The highest BCUT2D eigenvalue weighted by molar-refractivity contribution is 6.07. The number of carbonyl (C=O) groups is 3. The lowest BCUT2D eigenvalue weighted by atomic mass is 10.1. The first kappa shape index (κ1) is 33.2. The van der Waals surface area contributed by atoms with Gasteiger partial charge in [-0.3, -0.25) is 25.2 Å². The SMILES string of the molecule is CCCCCCOC(=O)NC(=N)c1ccc(N(Cc2nc3cc(C(=O)N(CCC(=O)O)c4ccccn4)ccc3n2C)N=O)cc1. The number of nitrogens with zero attached hydrogens (tertiary/aromatic N) is 6. The molecule has 0 saturated carbocycles. The number of anilines is 2. The molecule has 240 valence electrons. The summed E-state index contributed by atoms with van der Waals surface area (Å²) < 4.78 is 6.91. The summed E-state index contributed by atoms with van der Waals surface area (Å²) in [4.78, 5) is 58.7. The Morgan fingerprint density at radius 2 is 1.80 bits per heavy atom. The van der Waals surface area contributed by atoms with Crippen molar-refractivity contribution >= 4 is 46.3 Å². The van der Waals surface area contributed by atoms with Crippen molar-refractivity contribution in [3.8, 4) is 0 Å². The van der Waals surface area contributed by atoms with Crippen LogP contribution in [0.3, 0.4) is 0 Å². The number of nitroso groups, excluding NO2 is 1. The van der Waals surface area contributed by atoms with Crippen molar-refractivity contribution < 1.29 is 24.2 Å². The first-order valence-electron chi connectivity index (χ1n) is 14.9. The number of carboxylic acid groups (broad SMARTS) is 1. The minimum Gasteiger partial charge on any atom is -0.481 e. The van der Waals surface area contributed by atoms with Crippen LogP contribution in [0.4, 0.5) is 16.3 Å². The predicted octanol–water partition coefficient (Wildman–Crippen LogP) is 5.41. The molecule has 4 rings (SSSR count). The van der Waals surface area contributed by atoms with Gasteiger partial charge in [0.2, 0.25) is 0 Å². The first-order chi connectivity index (χ1) is 22.2. The fourth-order valence-electron chi connectivity index (χ4n) is 4.73. The summed E-state index contributed by atoms with van der Waals surface area (Å²) in [6, 6.07) is 16.4. The zero-order chi connectivity index (χ0) is 33.1. The molecule has 0 saturated heterocycles. The summed E-state index contributed by atoms with van der Waals surface area (Å²) >= 11 is 0. The number of benzene rings is 2. The van der Waals surface area contributed by atoms with Gasteiger partial charge in [-0.2, -0.15) is 0 Å². The van der Waals surface area contributed by atoms with Crippen LogP contribution in [-0.2, 0) is 23.1 Å². The van der Waals surface area contributed by atoms with Crippen molar-refractivity contribution in [2.75, 3.05) is 23.1 Å². The van der Waals surface area contributed by atoms with Gasteiger partial charge in [0.05, 0.1) is 35.0 Å². The van der Waals surface area contributed by atoms with Crippen molar-refractivity contribution in [3.05, 3.63) is 88.7 Å². The van der Waals surface area contributed by atoms with Crippen LogP contribution in [-0.4, -0.2) is 56.6 Å². The van der Waals surface area contributed by atoms with Gasteiger partial charge in [-0.05, 0) is 61.0 Å². The van der Waals surface area contributed by atoms with Gasteiger partial charge in [-0.15, -0.1) is 4.91 Å². The molecule has 2 amide bonds. The van der Waals surface area contributed by atoms with E-state index in [9.17, 15) is 24.4 Å². The molecule has 14 nitrogen and oxygen atoms in total. The standard InChI is InChI=1S/C32H36N8O6/c1-3-4-5-8-19-46-32(44)36-30(33)22-10-13-24(14-11-22)40(37-45)21-28-35-25-20-23(12-15-26(25)38(28)2)31(43)39(18-16-29(41)42)27-9-6-7-17-34-27/h6-7,9-15,17,20H,3-5,8,16,18-19,21H2,1-2H3,(H,41,42)(H2,33,36,44). The molecular weight excluding hydrogens is 592 g/mol. The molecule has 0 radical (unpaired) electrons. The molecule has 0 bridgehead atoms. The van der Waals surface area contributed by atoms with Crippen LogP contribution in [0.15, 0.2) is 72.1 Å². The lowest BCUT2D eigenvalue weighted by Crippen LogP contribution is -2.33. The maximum absolute atomic E-state index is 13.5. The molecule has 3 N–H and O–H groups in total. The molecule has 0 aliphatic heterocycles. The molecule has 46 heavy (non-hydrogen) atoms. The molecule has 0 aliphatic rings. The number of fused-ring (bicyclic) bond motifs is 1. The molecule has 0 atom stereocenters. The normalized spacial score (nSPS) is 10.7. The highest BCUT2D eigenvalue weighted by atomic mass is 16.5. The van der Waals surface area contributed by atoms with Gasteiger partial charge in [-0.25, -0.2) is 19.8 Å². The quantitative estimate of drug-likeness (QED) is 0.0509. The van der Waals surface area contributed by atoms with E-state index in [-0.39, 0.29) is 32.0 Å². The highest BCUT2D eigenvalue weighted by Gasteiger charge is 2.22. The number of carbonyl (C=O) groups excluding carboxylic acids is 2. The minimum atomic E-state index is -1.04. The van der Waals surface area contributed by atoms with Gasteiger partial charge >= 0.3 is 12.1 Å². The Morgan fingerprint density at radius 1 is 1.04 bits per heavy atom. The van der Waals surface area contributed by atoms with Gasteiger partial charge in [0, 0.05) is 30.9 Å². The number of imidazole rings is 1. The van der Waals surface area contributed by atoms with E-state index >= 15 is 0 Å². The number of unbranched alkanes of at least 4 members (excludes halogenated alkanes) is 3. The van der Waals surface area contributed by atoms with Crippen LogP contribution in [0.2, 0.25) is 0 Å². The number of hydrogen-bond acceptors (Lipinski definition) is 9. The third-order valence-corrected chi connectivity index (χ3v) is 7.24. The third-order valence-electron chi connectivity index (χ3n) is 7.24. The Kier molecular flexibility index (Phi) is 11.5. The third kappa shape index (κ3) is 8.49. The second-order valence-electron chi connectivity index (χ2n) is 10.5. The lowest BCUT2D eigenvalue weighted by Gasteiger charge is -2.21. The van der Waals surface area contributed by atoms with Crippen LogP contribution in [0.5, 0.6) is 0 Å². The number of alkyl carbamates (subject to hydrolysis) is 1. The van der Waals surface area contributed by atoms with E-state index < -0.39 is 18.0 Å². The zero-order valence-electron chi connectivity index (χ0n) is 25.7. The summed E-state index contributed by atoms with van der Waals surface area (Å²) in [7, 11) is 1.78. The number of nitrogens with one attached hydrogen (secondary N) is 2. The van der Waals surface area contributed by atoms with Crippen molar-refractivity contribution in [2.45, 2.75) is 45.6 Å². The number of rotatable bonds is 15. The molecule has 2 aromatic heterocycles. The van der Waals surface area contributed by atoms with E-state index in [4.69, 9.17) is 10.1 Å². The second-order valence-corrected chi connectivity index (χ2v) is 10.5.